The number of carbonyl (C=O) groups excluding carboxylic acids is 2. The fourth-order valence-corrected chi connectivity index (χ4v) is 4.68. The van der Waals surface area contributed by atoms with Gasteiger partial charge >= 0.3 is 11.9 Å². The summed E-state index contributed by atoms with van der Waals surface area (Å²) in [6, 6.07) is 8.56. The number of rotatable bonds is 3. The molecule has 2 atom stereocenters. The molecule has 4 rings (SSSR count). The first-order valence-electron chi connectivity index (χ1n) is 9.13. The van der Waals surface area contributed by atoms with Crippen molar-refractivity contribution in [2.45, 2.75) is 25.3 Å². The molecule has 0 unspecified atom stereocenters. The molecule has 2 aliphatic heterocycles. The number of fused-ring (bicyclic) bond motifs is 5. The second kappa shape index (κ2) is 6.76. The number of esters is 2. The first-order chi connectivity index (χ1) is 12.6. The van der Waals surface area contributed by atoms with Gasteiger partial charge in [0.05, 0.1) is 20.3 Å². The lowest BCUT2D eigenvalue weighted by Crippen LogP contribution is -2.45. The summed E-state index contributed by atoms with van der Waals surface area (Å²) in [5.41, 5.74) is 3.75. The molecule has 1 N–H and O–H groups in total. The summed E-state index contributed by atoms with van der Waals surface area (Å²) in [4.78, 5) is 30.5. The van der Waals surface area contributed by atoms with Crippen molar-refractivity contribution >= 4 is 22.8 Å². The molecule has 26 heavy (non-hydrogen) atoms. The van der Waals surface area contributed by atoms with Gasteiger partial charge in [-0.25, -0.2) is 0 Å². The van der Waals surface area contributed by atoms with Gasteiger partial charge in [0.15, 0.2) is 5.92 Å². The second-order valence-corrected chi connectivity index (χ2v) is 7.17. The number of nitrogens with zero attached hydrogens (tertiary/aromatic N) is 1. The number of aromatic amines is 1. The fraction of sp³-hybridized carbons (Fsp3) is 0.500. The van der Waals surface area contributed by atoms with Crippen molar-refractivity contribution in [3.8, 4) is 0 Å². The first-order valence-corrected chi connectivity index (χ1v) is 9.13. The molecule has 6 heteroatoms. The van der Waals surface area contributed by atoms with Gasteiger partial charge in [-0.15, -0.1) is 0 Å². The summed E-state index contributed by atoms with van der Waals surface area (Å²) in [5.74, 6) is -1.92. The van der Waals surface area contributed by atoms with E-state index in [9.17, 15) is 9.59 Å². The van der Waals surface area contributed by atoms with Crippen molar-refractivity contribution in [3.05, 3.63) is 35.5 Å². The van der Waals surface area contributed by atoms with E-state index in [4.69, 9.17) is 9.47 Å². The fourth-order valence-electron chi connectivity index (χ4n) is 4.68. The van der Waals surface area contributed by atoms with Gasteiger partial charge < -0.3 is 14.5 Å². The van der Waals surface area contributed by atoms with E-state index >= 15 is 0 Å². The Morgan fingerprint density at radius 2 is 1.88 bits per heavy atom. The molecule has 0 spiro atoms. The maximum Gasteiger partial charge on any atom is 0.320 e. The van der Waals surface area contributed by atoms with Crippen molar-refractivity contribution in [3.63, 3.8) is 0 Å². The molecule has 0 saturated carbocycles. The summed E-state index contributed by atoms with van der Waals surface area (Å²) < 4.78 is 9.76. The molecule has 138 valence electrons. The molecular formula is C20H24N2O4. The molecule has 0 amide bonds. The topological polar surface area (TPSA) is 71.6 Å². The smallest absolute Gasteiger partial charge is 0.320 e. The highest BCUT2D eigenvalue weighted by molar-refractivity contribution is 5.95. The number of nitrogens with one attached hydrogen (secondary N) is 1. The molecule has 0 bridgehead atoms. The van der Waals surface area contributed by atoms with E-state index < -0.39 is 17.9 Å². The van der Waals surface area contributed by atoms with E-state index in [1.807, 2.05) is 6.07 Å². The van der Waals surface area contributed by atoms with Gasteiger partial charge in [0.2, 0.25) is 0 Å². The highest BCUT2D eigenvalue weighted by Gasteiger charge is 2.43. The van der Waals surface area contributed by atoms with Crippen LogP contribution >= 0.6 is 0 Å². The molecule has 3 heterocycles. The average molecular weight is 356 g/mol. The third kappa shape index (κ3) is 2.69. The number of H-pyrrole nitrogens is 1. The standard InChI is InChI=1S/C20H24N2O4/c1-25-19(23)17(20(24)26-2)12-7-9-22-10-8-14-13-5-3-4-6-15(13)21-18(14)16(22)11-12/h3-6,12,16-17,21H,7-11H2,1-2H3/t12-,16-/m0/s1. The molecule has 1 aromatic carbocycles. The van der Waals surface area contributed by atoms with E-state index in [1.165, 1.54) is 30.9 Å². The average Bonchev–Trinajstić information content (AvgIpc) is 3.07. The Hall–Kier alpha value is -2.34. The summed E-state index contributed by atoms with van der Waals surface area (Å²) in [6.45, 7) is 1.88. The SMILES string of the molecule is COC(=O)C(C(=O)OC)[C@H]1CCN2CCc3c([nH]c4ccccc34)[C@@H]2C1. The zero-order valence-electron chi connectivity index (χ0n) is 15.2. The van der Waals surface area contributed by atoms with Crippen LogP contribution in [0.25, 0.3) is 10.9 Å². The minimum atomic E-state index is -0.845. The number of methoxy groups -OCH3 is 2. The van der Waals surface area contributed by atoms with E-state index in [1.54, 1.807) is 0 Å². The predicted octanol–water partition coefficient (Wildman–Crippen LogP) is 2.44. The Morgan fingerprint density at radius 3 is 2.62 bits per heavy atom. The Bertz CT molecular complexity index is 827. The monoisotopic (exact) mass is 356 g/mol. The van der Waals surface area contributed by atoms with Crippen molar-refractivity contribution in [2.24, 2.45) is 11.8 Å². The zero-order valence-corrected chi connectivity index (χ0v) is 15.2. The van der Waals surface area contributed by atoms with Crippen molar-refractivity contribution in [1.82, 2.24) is 9.88 Å². The Balaban J connectivity index is 1.67. The van der Waals surface area contributed by atoms with Crippen LogP contribution in [0.3, 0.4) is 0 Å². The summed E-state index contributed by atoms with van der Waals surface area (Å²) in [6.07, 6.45) is 2.56. The van der Waals surface area contributed by atoms with Gasteiger partial charge in [-0.3, -0.25) is 14.5 Å². The molecule has 1 aromatic heterocycles. The van der Waals surface area contributed by atoms with Crippen molar-refractivity contribution in [2.75, 3.05) is 27.3 Å². The number of carbonyl (C=O) groups is 2. The number of hydrogen-bond acceptors (Lipinski definition) is 5. The highest BCUT2D eigenvalue weighted by atomic mass is 16.5. The van der Waals surface area contributed by atoms with E-state index in [-0.39, 0.29) is 12.0 Å². The van der Waals surface area contributed by atoms with Crippen LogP contribution in [0.1, 0.15) is 30.1 Å². The van der Waals surface area contributed by atoms with Crippen LogP contribution in [-0.2, 0) is 25.5 Å². The first kappa shape index (κ1) is 17.1. The van der Waals surface area contributed by atoms with Gasteiger partial charge in [0.25, 0.3) is 0 Å². The lowest BCUT2D eigenvalue weighted by atomic mass is 9.78. The van der Waals surface area contributed by atoms with Crippen LogP contribution < -0.4 is 0 Å². The quantitative estimate of drug-likeness (QED) is 0.676. The minimum absolute atomic E-state index is 0.0755. The summed E-state index contributed by atoms with van der Waals surface area (Å²) >= 11 is 0. The van der Waals surface area contributed by atoms with Gasteiger partial charge in [-0.1, -0.05) is 18.2 Å². The molecule has 6 nitrogen and oxygen atoms in total. The van der Waals surface area contributed by atoms with Gasteiger partial charge in [-0.05, 0) is 43.4 Å². The normalized spacial score (nSPS) is 22.7. The number of ether oxygens (including phenoxy) is 2. The molecule has 0 radical (unpaired) electrons. The van der Waals surface area contributed by atoms with Crippen LogP contribution in [0.4, 0.5) is 0 Å². The maximum absolute atomic E-state index is 12.2. The number of hydrogen-bond donors (Lipinski definition) is 1. The van der Waals surface area contributed by atoms with E-state index in [2.05, 4.69) is 28.1 Å². The number of para-hydroxylation sites is 1. The minimum Gasteiger partial charge on any atom is -0.468 e. The van der Waals surface area contributed by atoms with Gasteiger partial charge in [-0.2, -0.15) is 0 Å². The third-order valence-corrected chi connectivity index (χ3v) is 5.96. The molecule has 0 aliphatic carbocycles. The molecular weight excluding hydrogens is 332 g/mol. The van der Waals surface area contributed by atoms with Crippen LogP contribution in [-0.4, -0.2) is 49.1 Å². The van der Waals surface area contributed by atoms with E-state index in [0.717, 1.165) is 37.9 Å². The Labute approximate surface area is 152 Å². The number of benzene rings is 1. The lowest BCUT2D eigenvalue weighted by molar-refractivity contribution is -0.163. The van der Waals surface area contributed by atoms with Crippen LogP contribution in [0, 0.1) is 11.8 Å². The van der Waals surface area contributed by atoms with Crippen LogP contribution in [0.5, 0.6) is 0 Å². The zero-order chi connectivity index (χ0) is 18.3. The number of aromatic nitrogens is 1. The third-order valence-electron chi connectivity index (χ3n) is 5.96. The predicted molar refractivity (Wildman–Crippen MR) is 96.6 cm³/mol. The molecule has 1 saturated heterocycles. The lowest BCUT2D eigenvalue weighted by Gasteiger charge is -2.43. The van der Waals surface area contributed by atoms with Gasteiger partial charge in [0, 0.05) is 23.1 Å². The van der Waals surface area contributed by atoms with Crippen LogP contribution in [0.15, 0.2) is 24.3 Å². The Kier molecular flexibility index (Phi) is 4.44. The summed E-state index contributed by atoms with van der Waals surface area (Å²) in [5, 5.41) is 1.28. The van der Waals surface area contributed by atoms with Crippen LogP contribution in [0.2, 0.25) is 0 Å². The molecule has 2 aromatic rings. The largest absolute Gasteiger partial charge is 0.468 e. The number of piperidine rings is 1. The van der Waals surface area contributed by atoms with E-state index in [0.29, 0.717) is 0 Å². The maximum atomic E-state index is 12.2. The summed E-state index contributed by atoms with van der Waals surface area (Å²) in [7, 11) is 2.65. The van der Waals surface area contributed by atoms with Crippen molar-refractivity contribution < 1.29 is 19.1 Å². The molecule has 1 fully saturated rings. The Morgan fingerprint density at radius 1 is 1.15 bits per heavy atom. The van der Waals surface area contributed by atoms with Crippen molar-refractivity contribution in [1.29, 1.82) is 0 Å². The highest BCUT2D eigenvalue weighted by Crippen LogP contribution is 2.43. The second-order valence-electron chi connectivity index (χ2n) is 7.17. The van der Waals surface area contributed by atoms with Gasteiger partial charge in [0.1, 0.15) is 0 Å². The molecule has 2 aliphatic rings.